The van der Waals surface area contributed by atoms with Crippen molar-refractivity contribution in [3.8, 4) is 11.5 Å². The molecule has 2 aromatic carbocycles. The molecule has 160 valence electrons. The van der Waals surface area contributed by atoms with E-state index in [0.717, 1.165) is 6.07 Å². The van der Waals surface area contributed by atoms with Gasteiger partial charge in [0.25, 0.3) is 5.91 Å². The number of rotatable bonds is 4. The largest absolute Gasteiger partial charge is 0.493 e. The van der Waals surface area contributed by atoms with Crippen LogP contribution in [0.4, 0.5) is 10.2 Å². The van der Waals surface area contributed by atoms with E-state index in [4.69, 9.17) is 13.9 Å². The third kappa shape index (κ3) is 2.84. The summed E-state index contributed by atoms with van der Waals surface area (Å²) in [5.74, 6) is -0.102. The highest BCUT2D eigenvalue weighted by Crippen LogP contribution is 2.45. The molecular formula is C24H17FN2O5. The SMILES string of the molecule is COc1cccc([C@@H]2c3c(oc4ccc(F)cc4c3=O)C(=O)N2c2ccccn2)c1OC. The molecule has 1 amide bonds. The van der Waals surface area contributed by atoms with Gasteiger partial charge in [-0.25, -0.2) is 9.37 Å². The second-order valence-corrected chi connectivity index (χ2v) is 7.16. The van der Waals surface area contributed by atoms with Crippen LogP contribution in [0.5, 0.6) is 11.5 Å². The highest BCUT2D eigenvalue weighted by Gasteiger charge is 2.45. The lowest BCUT2D eigenvalue weighted by molar-refractivity contribution is 0.0970. The maximum absolute atomic E-state index is 13.9. The van der Waals surface area contributed by atoms with E-state index in [9.17, 15) is 14.0 Å². The number of aromatic nitrogens is 1. The number of fused-ring (bicyclic) bond motifs is 2. The van der Waals surface area contributed by atoms with Gasteiger partial charge in [0.15, 0.2) is 16.9 Å². The number of methoxy groups -OCH3 is 2. The zero-order valence-corrected chi connectivity index (χ0v) is 17.2. The number of benzene rings is 2. The lowest BCUT2D eigenvalue weighted by Crippen LogP contribution is -2.30. The molecule has 4 aromatic rings. The molecule has 5 rings (SSSR count). The monoisotopic (exact) mass is 432 g/mol. The average molecular weight is 432 g/mol. The van der Waals surface area contributed by atoms with E-state index in [1.54, 1.807) is 42.6 Å². The Labute approximate surface area is 181 Å². The summed E-state index contributed by atoms with van der Waals surface area (Å²) < 4.78 is 30.7. The molecule has 0 unspecified atom stereocenters. The van der Waals surface area contributed by atoms with Gasteiger partial charge in [-0.15, -0.1) is 0 Å². The van der Waals surface area contributed by atoms with Gasteiger partial charge in [-0.3, -0.25) is 14.5 Å². The van der Waals surface area contributed by atoms with Crippen molar-refractivity contribution in [3.05, 3.63) is 93.7 Å². The van der Waals surface area contributed by atoms with Crippen LogP contribution in [0.3, 0.4) is 0 Å². The molecule has 1 aliphatic rings. The summed E-state index contributed by atoms with van der Waals surface area (Å²) >= 11 is 0. The van der Waals surface area contributed by atoms with E-state index in [2.05, 4.69) is 4.98 Å². The number of para-hydroxylation sites is 1. The Morgan fingerprint density at radius 1 is 1.03 bits per heavy atom. The van der Waals surface area contributed by atoms with Gasteiger partial charge in [-0.2, -0.15) is 0 Å². The van der Waals surface area contributed by atoms with Crippen molar-refractivity contribution in [2.24, 2.45) is 0 Å². The fourth-order valence-electron chi connectivity index (χ4n) is 4.10. The zero-order chi connectivity index (χ0) is 22.4. The van der Waals surface area contributed by atoms with Crippen molar-refractivity contribution in [1.29, 1.82) is 0 Å². The summed E-state index contributed by atoms with van der Waals surface area (Å²) in [6.45, 7) is 0. The van der Waals surface area contributed by atoms with Gasteiger partial charge in [0.2, 0.25) is 5.76 Å². The van der Waals surface area contributed by atoms with Gasteiger partial charge in [-0.05, 0) is 36.4 Å². The van der Waals surface area contributed by atoms with Gasteiger partial charge in [0.1, 0.15) is 23.3 Å². The summed E-state index contributed by atoms with van der Waals surface area (Å²) in [6.07, 6.45) is 1.55. The van der Waals surface area contributed by atoms with Gasteiger partial charge < -0.3 is 13.9 Å². The van der Waals surface area contributed by atoms with Crippen LogP contribution in [0.1, 0.15) is 27.7 Å². The number of anilines is 1. The number of halogens is 1. The van der Waals surface area contributed by atoms with E-state index >= 15 is 0 Å². The number of ether oxygens (including phenoxy) is 2. The van der Waals surface area contributed by atoms with E-state index in [1.807, 2.05) is 0 Å². The third-order valence-corrected chi connectivity index (χ3v) is 5.46. The molecule has 2 aromatic heterocycles. The van der Waals surface area contributed by atoms with Gasteiger partial charge in [0, 0.05) is 11.8 Å². The van der Waals surface area contributed by atoms with Crippen LogP contribution >= 0.6 is 0 Å². The summed E-state index contributed by atoms with van der Waals surface area (Å²) in [5, 5.41) is 0.0475. The predicted molar refractivity (Wildman–Crippen MR) is 115 cm³/mol. The highest BCUT2D eigenvalue weighted by atomic mass is 19.1. The minimum absolute atomic E-state index is 0.0475. The van der Waals surface area contributed by atoms with Crippen LogP contribution in [0.2, 0.25) is 0 Å². The van der Waals surface area contributed by atoms with Crippen molar-refractivity contribution >= 4 is 22.7 Å². The third-order valence-electron chi connectivity index (χ3n) is 5.46. The lowest BCUT2D eigenvalue weighted by Gasteiger charge is -2.26. The maximum Gasteiger partial charge on any atom is 0.296 e. The highest BCUT2D eigenvalue weighted by molar-refractivity contribution is 6.10. The van der Waals surface area contributed by atoms with E-state index in [1.165, 1.54) is 31.3 Å². The number of carbonyl (C=O) groups excluding carboxylic acids is 1. The normalized spacial score (nSPS) is 15.2. The Morgan fingerprint density at radius 2 is 1.88 bits per heavy atom. The molecular weight excluding hydrogens is 415 g/mol. The summed E-state index contributed by atoms with van der Waals surface area (Å²) in [5.41, 5.74) is 0.225. The molecule has 1 aliphatic heterocycles. The quantitative estimate of drug-likeness (QED) is 0.483. The Morgan fingerprint density at radius 3 is 2.59 bits per heavy atom. The fourth-order valence-corrected chi connectivity index (χ4v) is 4.10. The Hall–Kier alpha value is -4.20. The van der Waals surface area contributed by atoms with Crippen LogP contribution in [0.15, 0.2) is 70.0 Å². The molecule has 0 radical (unpaired) electrons. The summed E-state index contributed by atoms with van der Waals surface area (Å²) in [4.78, 5) is 32.7. The first-order valence-corrected chi connectivity index (χ1v) is 9.77. The van der Waals surface area contributed by atoms with Crippen molar-refractivity contribution in [3.63, 3.8) is 0 Å². The van der Waals surface area contributed by atoms with E-state index < -0.39 is 23.2 Å². The number of nitrogens with zero attached hydrogens (tertiary/aromatic N) is 2. The van der Waals surface area contributed by atoms with Gasteiger partial charge in [-0.1, -0.05) is 18.2 Å². The van der Waals surface area contributed by atoms with Gasteiger partial charge >= 0.3 is 0 Å². The minimum atomic E-state index is -0.915. The van der Waals surface area contributed by atoms with E-state index in [-0.39, 0.29) is 22.3 Å². The molecule has 7 nitrogen and oxygen atoms in total. The van der Waals surface area contributed by atoms with Crippen LogP contribution in [-0.2, 0) is 0 Å². The molecule has 0 saturated heterocycles. The van der Waals surface area contributed by atoms with Crippen LogP contribution in [-0.4, -0.2) is 25.1 Å². The van der Waals surface area contributed by atoms with Crippen LogP contribution < -0.4 is 19.8 Å². The first kappa shape index (κ1) is 19.7. The Balaban J connectivity index is 1.87. The first-order valence-electron chi connectivity index (χ1n) is 9.77. The summed E-state index contributed by atoms with van der Waals surface area (Å²) in [7, 11) is 2.97. The maximum atomic E-state index is 13.9. The molecule has 0 bridgehead atoms. The number of amides is 1. The molecule has 3 heterocycles. The second-order valence-electron chi connectivity index (χ2n) is 7.16. The molecule has 0 N–H and O–H groups in total. The smallest absolute Gasteiger partial charge is 0.296 e. The summed E-state index contributed by atoms with van der Waals surface area (Å²) in [6, 6.07) is 13.0. The molecule has 8 heteroatoms. The molecule has 0 spiro atoms. The zero-order valence-electron chi connectivity index (χ0n) is 17.2. The Kier molecular flexibility index (Phi) is 4.62. The minimum Gasteiger partial charge on any atom is -0.493 e. The van der Waals surface area contributed by atoms with Crippen molar-refractivity contribution in [1.82, 2.24) is 4.98 Å². The van der Waals surface area contributed by atoms with Crippen LogP contribution in [0.25, 0.3) is 11.0 Å². The lowest BCUT2D eigenvalue weighted by atomic mass is 9.97. The first-order chi connectivity index (χ1) is 15.5. The second kappa shape index (κ2) is 7.49. The molecule has 32 heavy (non-hydrogen) atoms. The van der Waals surface area contributed by atoms with Gasteiger partial charge in [0.05, 0.1) is 25.2 Å². The fraction of sp³-hybridized carbons (Fsp3) is 0.125. The Bertz CT molecular complexity index is 1420. The number of hydrogen-bond acceptors (Lipinski definition) is 6. The predicted octanol–water partition coefficient (Wildman–Crippen LogP) is 4.09. The molecule has 1 atom stereocenters. The molecule has 0 fully saturated rings. The van der Waals surface area contributed by atoms with Crippen LogP contribution in [0, 0.1) is 5.82 Å². The topological polar surface area (TPSA) is 81.9 Å². The average Bonchev–Trinajstić information content (AvgIpc) is 3.11. The molecule has 0 aliphatic carbocycles. The number of carbonyl (C=O) groups is 1. The number of hydrogen-bond donors (Lipinski definition) is 0. The van der Waals surface area contributed by atoms with Crippen molar-refractivity contribution in [2.75, 3.05) is 19.1 Å². The number of pyridine rings is 1. The van der Waals surface area contributed by atoms with Crippen molar-refractivity contribution in [2.45, 2.75) is 6.04 Å². The molecule has 0 saturated carbocycles. The standard InChI is InChI=1S/C24H17FN2O5/c1-30-17-7-5-6-14(22(17)31-2)20-19-21(28)15-12-13(25)9-10-16(15)32-23(19)24(29)27(20)18-8-3-4-11-26-18/h3-12,20H,1-2H3/t20-/m1/s1. The van der Waals surface area contributed by atoms with E-state index in [0.29, 0.717) is 22.9 Å². The van der Waals surface area contributed by atoms with Crippen molar-refractivity contribution < 1.29 is 23.1 Å².